The van der Waals surface area contributed by atoms with Gasteiger partial charge in [-0.3, -0.25) is 14.7 Å². The van der Waals surface area contributed by atoms with Crippen molar-refractivity contribution in [3.05, 3.63) is 54.0 Å². The molecule has 0 saturated carbocycles. The van der Waals surface area contributed by atoms with E-state index in [1.165, 1.54) is 5.56 Å². The van der Waals surface area contributed by atoms with E-state index >= 15 is 0 Å². The van der Waals surface area contributed by atoms with Gasteiger partial charge in [0.1, 0.15) is 11.5 Å². The van der Waals surface area contributed by atoms with Crippen molar-refractivity contribution in [2.24, 2.45) is 5.92 Å². The molecule has 5 heteroatoms. The van der Waals surface area contributed by atoms with Crippen molar-refractivity contribution in [1.29, 1.82) is 0 Å². The van der Waals surface area contributed by atoms with Gasteiger partial charge in [0.15, 0.2) is 5.78 Å². The van der Waals surface area contributed by atoms with Crippen LogP contribution >= 0.6 is 0 Å². The summed E-state index contributed by atoms with van der Waals surface area (Å²) in [4.78, 5) is 25.6. The second-order valence-corrected chi connectivity index (χ2v) is 6.57. The van der Waals surface area contributed by atoms with Crippen LogP contribution in [0.4, 0.5) is 5.82 Å². The van der Waals surface area contributed by atoms with Crippen LogP contribution in [0.1, 0.15) is 28.9 Å². The highest BCUT2D eigenvalue weighted by Crippen LogP contribution is 2.22. The minimum absolute atomic E-state index is 0.0441. The van der Waals surface area contributed by atoms with Crippen LogP contribution < -0.4 is 4.90 Å². The number of anilines is 1. The normalized spacial score (nSPS) is 18.3. The lowest BCUT2D eigenvalue weighted by Gasteiger charge is -2.31. The van der Waals surface area contributed by atoms with E-state index < -0.39 is 0 Å². The number of Topliss-reactive ketones (excluding diaryl/α,β-unsaturated/α-hetero) is 1. The highest BCUT2D eigenvalue weighted by molar-refractivity contribution is 5.96. The first-order valence-corrected chi connectivity index (χ1v) is 8.43. The summed E-state index contributed by atoms with van der Waals surface area (Å²) in [5.74, 6) is 1.17. The number of aromatic nitrogens is 2. The number of hydrogen-bond acceptors (Lipinski definition) is 5. The molecule has 126 valence electrons. The zero-order valence-corrected chi connectivity index (χ0v) is 14.4. The standard InChI is InChI=1S/C19H24N4O/c1-22(2)18-9-8-15(12-21-18)13-23-11-5-6-16(14-23)19(24)17-7-3-4-10-20-17/h3-4,7-10,12,16H,5-6,11,13-14H2,1-2H3. The fourth-order valence-corrected chi connectivity index (χ4v) is 3.16. The summed E-state index contributed by atoms with van der Waals surface area (Å²) in [6.45, 7) is 2.67. The number of pyridine rings is 2. The number of hydrogen-bond donors (Lipinski definition) is 0. The van der Waals surface area contributed by atoms with E-state index in [0.717, 1.165) is 38.3 Å². The number of likely N-dealkylation sites (tertiary alicyclic amines) is 1. The Morgan fingerprint density at radius 1 is 1.25 bits per heavy atom. The molecule has 1 saturated heterocycles. The lowest BCUT2D eigenvalue weighted by atomic mass is 9.91. The zero-order valence-electron chi connectivity index (χ0n) is 14.4. The molecule has 0 aliphatic carbocycles. The first-order valence-electron chi connectivity index (χ1n) is 8.43. The number of piperidine rings is 1. The third-order valence-electron chi connectivity index (χ3n) is 4.47. The maximum Gasteiger partial charge on any atom is 0.185 e. The van der Waals surface area contributed by atoms with Crippen molar-refractivity contribution in [1.82, 2.24) is 14.9 Å². The first-order chi connectivity index (χ1) is 11.6. The van der Waals surface area contributed by atoms with Crippen LogP contribution in [0, 0.1) is 5.92 Å². The molecule has 0 radical (unpaired) electrons. The smallest absolute Gasteiger partial charge is 0.185 e. The Bertz CT molecular complexity index is 670. The van der Waals surface area contributed by atoms with E-state index in [0.29, 0.717) is 5.69 Å². The van der Waals surface area contributed by atoms with Gasteiger partial charge in [0, 0.05) is 45.5 Å². The second kappa shape index (κ2) is 7.53. The minimum atomic E-state index is 0.0441. The van der Waals surface area contributed by atoms with Gasteiger partial charge in [0.05, 0.1) is 0 Å². The molecule has 5 nitrogen and oxygen atoms in total. The lowest BCUT2D eigenvalue weighted by Crippen LogP contribution is -2.38. The van der Waals surface area contributed by atoms with Crippen molar-refractivity contribution in [3.63, 3.8) is 0 Å². The monoisotopic (exact) mass is 324 g/mol. The highest BCUT2D eigenvalue weighted by atomic mass is 16.1. The lowest BCUT2D eigenvalue weighted by molar-refractivity contribution is 0.0806. The summed E-state index contributed by atoms with van der Waals surface area (Å²) in [6.07, 6.45) is 5.61. The molecule has 1 unspecified atom stereocenters. The Kier molecular flexibility index (Phi) is 5.20. The average Bonchev–Trinajstić information content (AvgIpc) is 2.62. The molecule has 3 rings (SSSR count). The van der Waals surface area contributed by atoms with Crippen LogP contribution in [0.2, 0.25) is 0 Å². The van der Waals surface area contributed by atoms with Gasteiger partial charge in [-0.1, -0.05) is 12.1 Å². The van der Waals surface area contributed by atoms with E-state index in [1.54, 1.807) is 6.20 Å². The molecule has 3 heterocycles. The summed E-state index contributed by atoms with van der Waals surface area (Å²) < 4.78 is 0. The highest BCUT2D eigenvalue weighted by Gasteiger charge is 2.27. The summed E-state index contributed by atoms with van der Waals surface area (Å²) in [5, 5.41) is 0. The second-order valence-electron chi connectivity index (χ2n) is 6.57. The molecular weight excluding hydrogens is 300 g/mol. The van der Waals surface area contributed by atoms with Crippen molar-refractivity contribution in [2.75, 3.05) is 32.1 Å². The maximum absolute atomic E-state index is 12.6. The van der Waals surface area contributed by atoms with Crippen LogP contribution in [-0.2, 0) is 6.54 Å². The predicted molar refractivity (Wildman–Crippen MR) is 95.1 cm³/mol. The topological polar surface area (TPSA) is 49.3 Å². The van der Waals surface area contributed by atoms with Gasteiger partial charge in [-0.25, -0.2) is 4.98 Å². The zero-order chi connectivity index (χ0) is 16.9. The van der Waals surface area contributed by atoms with Gasteiger partial charge in [-0.05, 0) is 43.1 Å². The molecule has 0 aromatic carbocycles. The van der Waals surface area contributed by atoms with E-state index in [9.17, 15) is 4.79 Å². The molecule has 2 aromatic rings. The van der Waals surface area contributed by atoms with E-state index in [4.69, 9.17) is 0 Å². The first kappa shape index (κ1) is 16.6. The molecule has 1 atom stereocenters. The maximum atomic E-state index is 12.6. The van der Waals surface area contributed by atoms with Gasteiger partial charge in [-0.2, -0.15) is 0 Å². The van der Waals surface area contributed by atoms with Crippen molar-refractivity contribution in [2.45, 2.75) is 19.4 Å². The minimum Gasteiger partial charge on any atom is -0.363 e. The molecule has 1 fully saturated rings. The molecule has 1 aliphatic heterocycles. The van der Waals surface area contributed by atoms with Crippen LogP contribution in [0.25, 0.3) is 0 Å². The van der Waals surface area contributed by atoms with Gasteiger partial charge < -0.3 is 4.90 Å². The molecule has 2 aromatic heterocycles. The summed E-state index contributed by atoms with van der Waals surface area (Å²) in [7, 11) is 3.97. The van der Waals surface area contributed by atoms with Crippen LogP contribution in [0.15, 0.2) is 42.7 Å². The largest absolute Gasteiger partial charge is 0.363 e. The van der Waals surface area contributed by atoms with Crippen molar-refractivity contribution in [3.8, 4) is 0 Å². The molecular formula is C19H24N4O. The third-order valence-corrected chi connectivity index (χ3v) is 4.47. The molecule has 0 bridgehead atoms. The summed E-state index contributed by atoms with van der Waals surface area (Å²) >= 11 is 0. The van der Waals surface area contributed by atoms with Crippen molar-refractivity contribution < 1.29 is 4.79 Å². The quantitative estimate of drug-likeness (QED) is 0.791. The van der Waals surface area contributed by atoms with Gasteiger partial charge >= 0.3 is 0 Å². The van der Waals surface area contributed by atoms with Crippen LogP contribution in [0.3, 0.4) is 0 Å². The molecule has 0 amide bonds. The van der Waals surface area contributed by atoms with Crippen LogP contribution in [0.5, 0.6) is 0 Å². The Labute approximate surface area is 143 Å². The Morgan fingerprint density at radius 3 is 2.79 bits per heavy atom. The molecule has 0 N–H and O–H groups in total. The van der Waals surface area contributed by atoms with Crippen molar-refractivity contribution >= 4 is 11.6 Å². The predicted octanol–water partition coefficient (Wildman–Crippen LogP) is 2.64. The SMILES string of the molecule is CN(C)c1ccc(CN2CCCC(C(=O)c3ccccn3)C2)cn1. The van der Waals surface area contributed by atoms with E-state index in [2.05, 4.69) is 20.9 Å². The Balaban J connectivity index is 1.62. The number of carbonyl (C=O) groups excluding carboxylic acids is 1. The Hall–Kier alpha value is -2.27. The number of ketones is 1. The van der Waals surface area contributed by atoms with Gasteiger partial charge in [0.25, 0.3) is 0 Å². The number of carbonyl (C=O) groups is 1. The van der Waals surface area contributed by atoms with Gasteiger partial charge in [-0.15, -0.1) is 0 Å². The molecule has 24 heavy (non-hydrogen) atoms. The summed E-state index contributed by atoms with van der Waals surface area (Å²) in [6, 6.07) is 9.68. The van der Waals surface area contributed by atoms with Crippen LogP contribution in [-0.4, -0.2) is 47.8 Å². The fourth-order valence-electron chi connectivity index (χ4n) is 3.16. The van der Waals surface area contributed by atoms with Gasteiger partial charge in [0.2, 0.25) is 0 Å². The Morgan fingerprint density at radius 2 is 2.12 bits per heavy atom. The van der Waals surface area contributed by atoms with E-state index in [1.807, 2.05) is 49.5 Å². The average molecular weight is 324 g/mol. The molecule has 0 spiro atoms. The summed E-state index contributed by atoms with van der Waals surface area (Å²) in [5.41, 5.74) is 1.77. The van der Waals surface area contributed by atoms with E-state index in [-0.39, 0.29) is 11.7 Å². The fraction of sp³-hybridized carbons (Fsp3) is 0.421. The molecule has 1 aliphatic rings. The number of nitrogens with zero attached hydrogens (tertiary/aromatic N) is 4. The number of rotatable bonds is 5. The third kappa shape index (κ3) is 3.97.